The first-order chi connectivity index (χ1) is 9.24. The highest BCUT2D eigenvalue weighted by Gasteiger charge is 2.02. The number of halogens is 3. The molecule has 21 heavy (non-hydrogen) atoms. The van der Waals surface area contributed by atoms with E-state index < -0.39 is 0 Å². The van der Waals surface area contributed by atoms with Gasteiger partial charge in [0.1, 0.15) is 11.6 Å². The summed E-state index contributed by atoms with van der Waals surface area (Å²) in [5.41, 5.74) is 0. The van der Waals surface area contributed by atoms with Gasteiger partial charge in [0.2, 0.25) is 11.8 Å². The van der Waals surface area contributed by atoms with Gasteiger partial charge in [-0.05, 0) is 12.1 Å². The van der Waals surface area contributed by atoms with E-state index >= 15 is 0 Å². The molecule has 2 N–H and O–H groups in total. The highest BCUT2D eigenvalue weighted by atomic mass is 35.5. The van der Waals surface area contributed by atoms with Crippen LogP contribution < -0.4 is 15.4 Å². The van der Waals surface area contributed by atoms with E-state index in [2.05, 4.69) is 15.6 Å². The largest absolute Gasteiger partial charge is 0.475 e. The van der Waals surface area contributed by atoms with Crippen LogP contribution in [-0.4, -0.2) is 50.8 Å². The van der Waals surface area contributed by atoms with Crippen LogP contribution in [0.2, 0.25) is 5.02 Å². The van der Waals surface area contributed by atoms with Gasteiger partial charge in [-0.15, -0.1) is 24.8 Å². The molecule has 0 radical (unpaired) electrons. The van der Waals surface area contributed by atoms with Crippen molar-refractivity contribution in [3.63, 3.8) is 0 Å². The van der Waals surface area contributed by atoms with Crippen LogP contribution >= 0.6 is 36.4 Å². The standard InChI is InChI=1S/C12H18ClN3O3.2ClH/c1-18-7-5-14-9-11(17)15-6-8-19-12-10(13)3-2-4-16-12;;/h2-4,14H,5-9H2,1H3,(H,15,17);2*1H. The quantitative estimate of drug-likeness (QED) is 0.650. The molecular formula is C12H20Cl3N3O3. The Hall–Kier alpha value is -0.790. The molecule has 6 nitrogen and oxygen atoms in total. The van der Waals surface area contributed by atoms with Crippen molar-refractivity contribution in [2.75, 3.05) is 40.0 Å². The number of nitrogens with zero attached hydrogens (tertiary/aromatic N) is 1. The van der Waals surface area contributed by atoms with E-state index in [0.29, 0.717) is 37.2 Å². The molecule has 1 aromatic heterocycles. The van der Waals surface area contributed by atoms with E-state index in [1.807, 2.05) is 0 Å². The SMILES string of the molecule is COCCNCC(=O)NCCOc1ncccc1Cl.Cl.Cl. The molecule has 1 amide bonds. The van der Waals surface area contributed by atoms with Crippen LogP contribution in [0.1, 0.15) is 0 Å². The Balaban J connectivity index is 0. The normalized spacial score (nSPS) is 9.24. The van der Waals surface area contributed by atoms with Crippen LogP contribution in [0.25, 0.3) is 0 Å². The lowest BCUT2D eigenvalue weighted by Crippen LogP contribution is -2.37. The molecule has 0 saturated carbocycles. The van der Waals surface area contributed by atoms with Crippen molar-refractivity contribution >= 4 is 42.3 Å². The van der Waals surface area contributed by atoms with Gasteiger partial charge in [-0.25, -0.2) is 4.98 Å². The summed E-state index contributed by atoms with van der Waals surface area (Å²) < 4.78 is 10.2. The van der Waals surface area contributed by atoms with Crippen molar-refractivity contribution in [3.8, 4) is 5.88 Å². The minimum absolute atomic E-state index is 0. The van der Waals surface area contributed by atoms with Gasteiger partial charge in [0.15, 0.2) is 0 Å². The van der Waals surface area contributed by atoms with Crippen LogP contribution in [-0.2, 0) is 9.53 Å². The zero-order valence-corrected chi connectivity index (χ0v) is 14.0. The van der Waals surface area contributed by atoms with Crippen LogP contribution in [0.5, 0.6) is 5.88 Å². The molecule has 0 atom stereocenters. The number of hydrogen-bond acceptors (Lipinski definition) is 5. The molecule has 0 aliphatic carbocycles. The molecule has 122 valence electrons. The number of carbonyl (C=O) groups is 1. The Bertz CT molecular complexity index is 397. The molecule has 0 aliphatic heterocycles. The van der Waals surface area contributed by atoms with Crippen LogP contribution in [0.3, 0.4) is 0 Å². The molecule has 0 fully saturated rings. The fraction of sp³-hybridized carbons (Fsp3) is 0.500. The number of methoxy groups -OCH3 is 1. The molecule has 1 heterocycles. The average molecular weight is 361 g/mol. The predicted octanol–water partition coefficient (Wildman–Crippen LogP) is 1.31. The maximum Gasteiger partial charge on any atom is 0.234 e. The van der Waals surface area contributed by atoms with E-state index in [4.69, 9.17) is 21.1 Å². The number of amides is 1. The Kier molecular flexibility index (Phi) is 15.2. The molecule has 1 rings (SSSR count). The monoisotopic (exact) mass is 359 g/mol. The summed E-state index contributed by atoms with van der Waals surface area (Å²) in [6, 6.07) is 3.42. The summed E-state index contributed by atoms with van der Waals surface area (Å²) in [7, 11) is 1.61. The topological polar surface area (TPSA) is 72.5 Å². The number of nitrogens with one attached hydrogen (secondary N) is 2. The lowest BCUT2D eigenvalue weighted by Gasteiger charge is -2.08. The van der Waals surface area contributed by atoms with Gasteiger partial charge < -0.3 is 20.1 Å². The summed E-state index contributed by atoms with van der Waals surface area (Å²) in [6.07, 6.45) is 1.60. The summed E-state index contributed by atoms with van der Waals surface area (Å²) in [4.78, 5) is 15.3. The van der Waals surface area contributed by atoms with Gasteiger partial charge in [0.25, 0.3) is 0 Å². The third kappa shape index (κ3) is 10.6. The third-order valence-electron chi connectivity index (χ3n) is 2.16. The molecule has 0 saturated heterocycles. The predicted molar refractivity (Wildman–Crippen MR) is 87.0 cm³/mol. The Morgan fingerprint density at radius 2 is 2.10 bits per heavy atom. The first-order valence-electron chi connectivity index (χ1n) is 5.93. The van der Waals surface area contributed by atoms with E-state index in [1.54, 1.807) is 25.4 Å². The van der Waals surface area contributed by atoms with E-state index in [9.17, 15) is 4.79 Å². The molecule has 0 unspecified atom stereocenters. The fourth-order valence-corrected chi connectivity index (χ4v) is 1.43. The zero-order valence-electron chi connectivity index (χ0n) is 11.6. The van der Waals surface area contributed by atoms with Crippen LogP contribution in [0, 0.1) is 0 Å². The second kappa shape index (κ2) is 14.2. The number of hydrogen-bond donors (Lipinski definition) is 2. The highest BCUT2D eigenvalue weighted by molar-refractivity contribution is 6.31. The van der Waals surface area contributed by atoms with E-state index in [-0.39, 0.29) is 37.3 Å². The smallest absolute Gasteiger partial charge is 0.234 e. The van der Waals surface area contributed by atoms with Crippen molar-refractivity contribution in [2.24, 2.45) is 0 Å². The second-order valence-corrected chi connectivity index (χ2v) is 4.07. The first kappa shape index (κ1) is 22.5. The summed E-state index contributed by atoms with van der Waals surface area (Å²) in [5.74, 6) is 0.281. The van der Waals surface area contributed by atoms with E-state index in [1.165, 1.54) is 0 Å². The minimum atomic E-state index is -0.0909. The summed E-state index contributed by atoms with van der Waals surface area (Å²) in [6.45, 7) is 2.20. The van der Waals surface area contributed by atoms with Crippen molar-refractivity contribution in [1.82, 2.24) is 15.6 Å². The van der Waals surface area contributed by atoms with Crippen molar-refractivity contribution < 1.29 is 14.3 Å². The zero-order chi connectivity index (χ0) is 13.9. The van der Waals surface area contributed by atoms with Crippen LogP contribution in [0.4, 0.5) is 0 Å². The summed E-state index contributed by atoms with van der Waals surface area (Å²) >= 11 is 5.87. The molecule has 0 spiro atoms. The minimum Gasteiger partial charge on any atom is -0.475 e. The highest BCUT2D eigenvalue weighted by Crippen LogP contribution is 2.19. The number of carbonyl (C=O) groups excluding carboxylic acids is 1. The van der Waals surface area contributed by atoms with Crippen molar-refractivity contribution in [3.05, 3.63) is 23.4 Å². The van der Waals surface area contributed by atoms with Gasteiger partial charge in [0.05, 0.1) is 19.7 Å². The van der Waals surface area contributed by atoms with Crippen molar-refractivity contribution in [2.45, 2.75) is 0 Å². The number of ether oxygens (including phenoxy) is 2. The molecule has 9 heteroatoms. The number of rotatable bonds is 9. The van der Waals surface area contributed by atoms with Gasteiger partial charge in [-0.1, -0.05) is 11.6 Å². The molecular weight excluding hydrogens is 341 g/mol. The second-order valence-electron chi connectivity index (χ2n) is 3.66. The van der Waals surface area contributed by atoms with E-state index in [0.717, 1.165) is 0 Å². The Labute approximate surface area is 141 Å². The number of aromatic nitrogens is 1. The fourth-order valence-electron chi connectivity index (χ4n) is 1.25. The van der Waals surface area contributed by atoms with Gasteiger partial charge in [-0.3, -0.25) is 4.79 Å². The summed E-state index contributed by atoms with van der Waals surface area (Å²) in [5, 5.41) is 6.11. The Morgan fingerprint density at radius 1 is 1.33 bits per heavy atom. The molecule has 0 aliphatic rings. The maximum atomic E-state index is 11.4. The van der Waals surface area contributed by atoms with Gasteiger partial charge in [0, 0.05) is 19.9 Å². The molecule has 0 aromatic carbocycles. The lowest BCUT2D eigenvalue weighted by atomic mass is 10.5. The number of pyridine rings is 1. The molecule has 1 aromatic rings. The molecule has 0 bridgehead atoms. The van der Waals surface area contributed by atoms with Crippen molar-refractivity contribution in [1.29, 1.82) is 0 Å². The lowest BCUT2D eigenvalue weighted by molar-refractivity contribution is -0.120. The average Bonchev–Trinajstić information content (AvgIpc) is 2.41. The van der Waals surface area contributed by atoms with Gasteiger partial charge >= 0.3 is 0 Å². The third-order valence-corrected chi connectivity index (χ3v) is 2.44. The van der Waals surface area contributed by atoms with Crippen LogP contribution in [0.15, 0.2) is 18.3 Å². The van der Waals surface area contributed by atoms with Gasteiger partial charge in [-0.2, -0.15) is 0 Å². The first-order valence-corrected chi connectivity index (χ1v) is 6.31. The maximum absolute atomic E-state index is 11.4. The Morgan fingerprint density at radius 3 is 2.76 bits per heavy atom.